The Balaban J connectivity index is 2.56. The third-order valence-corrected chi connectivity index (χ3v) is 2.82. The molecule has 1 aromatic heterocycles. The Morgan fingerprint density at radius 2 is 2.00 bits per heavy atom. The lowest BCUT2D eigenvalue weighted by Gasteiger charge is -2.06. The van der Waals surface area contributed by atoms with E-state index < -0.39 is 5.97 Å². The number of ether oxygens (including phenoxy) is 1. The van der Waals surface area contributed by atoms with Crippen LogP contribution in [-0.2, 0) is 11.8 Å². The van der Waals surface area contributed by atoms with Crippen LogP contribution in [0, 0.1) is 12.7 Å². The Labute approximate surface area is 110 Å². The van der Waals surface area contributed by atoms with Crippen LogP contribution in [0.15, 0.2) is 24.3 Å². The van der Waals surface area contributed by atoms with E-state index in [0.717, 1.165) is 5.56 Å². The second-order valence-electron chi connectivity index (χ2n) is 4.16. The Morgan fingerprint density at radius 3 is 2.58 bits per heavy atom. The minimum absolute atomic E-state index is 0.302. The topological polar surface area (TPSA) is 44.1 Å². The van der Waals surface area contributed by atoms with Crippen LogP contribution in [0.4, 0.5) is 4.39 Å². The molecule has 1 heterocycles. The van der Waals surface area contributed by atoms with Crippen molar-refractivity contribution >= 4 is 5.97 Å². The molecule has 5 heteroatoms. The van der Waals surface area contributed by atoms with Crippen LogP contribution in [0.1, 0.15) is 23.0 Å². The molecule has 0 aliphatic rings. The molecule has 0 amide bonds. The largest absolute Gasteiger partial charge is 0.462 e. The Bertz CT molecular complexity index is 603. The van der Waals surface area contributed by atoms with Crippen molar-refractivity contribution in [1.82, 2.24) is 9.78 Å². The minimum atomic E-state index is -0.410. The Hall–Kier alpha value is -2.17. The van der Waals surface area contributed by atoms with E-state index >= 15 is 0 Å². The van der Waals surface area contributed by atoms with Gasteiger partial charge in [-0.15, -0.1) is 0 Å². The number of carbonyl (C=O) groups is 1. The monoisotopic (exact) mass is 262 g/mol. The molecule has 0 aliphatic carbocycles. The maximum Gasteiger partial charge on any atom is 0.342 e. The summed E-state index contributed by atoms with van der Waals surface area (Å²) < 4.78 is 19.6. The second-order valence-corrected chi connectivity index (χ2v) is 4.16. The van der Waals surface area contributed by atoms with Gasteiger partial charge >= 0.3 is 5.97 Å². The molecule has 0 saturated heterocycles. The van der Waals surface area contributed by atoms with E-state index in [-0.39, 0.29) is 5.82 Å². The number of halogens is 1. The summed E-state index contributed by atoms with van der Waals surface area (Å²) in [6.45, 7) is 3.80. The minimum Gasteiger partial charge on any atom is -0.462 e. The number of benzene rings is 1. The van der Waals surface area contributed by atoms with Gasteiger partial charge in [0, 0.05) is 12.6 Å². The fraction of sp³-hybridized carbons (Fsp3) is 0.286. The SMILES string of the molecule is CCOC(=O)c1c(C)nn(C)c1-c1ccc(F)cc1. The normalized spacial score (nSPS) is 10.5. The number of nitrogens with zero attached hydrogens (tertiary/aromatic N) is 2. The van der Waals surface area contributed by atoms with Gasteiger partial charge in [0.25, 0.3) is 0 Å². The van der Waals surface area contributed by atoms with E-state index in [1.54, 1.807) is 37.7 Å². The van der Waals surface area contributed by atoms with Gasteiger partial charge in [-0.25, -0.2) is 9.18 Å². The highest BCUT2D eigenvalue weighted by atomic mass is 19.1. The zero-order valence-corrected chi connectivity index (χ0v) is 11.1. The summed E-state index contributed by atoms with van der Waals surface area (Å²) in [7, 11) is 1.74. The fourth-order valence-electron chi connectivity index (χ4n) is 2.04. The highest BCUT2D eigenvalue weighted by Gasteiger charge is 2.22. The lowest BCUT2D eigenvalue weighted by atomic mass is 10.1. The van der Waals surface area contributed by atoms with E-state index in [1.807, 2.05) is 0 Å². The zero-order chi connectivity index (χ0) is 14.0. The van der Waals surface area contributed by atoms with Gasteiger partial charge in [0.05, 0.1) is 18.0 Å². The molecule has 2 rings (SSSR count). The molecule has 0 spiro atoms. The van der Waals surface area contributed by atoms with Gasteiger partial charge in [0.2, 0.25) is 0 Å². The van der Waals surface area contributed by atoms with Gasteiger partial charge in [-0.05, 0) is 38.1 Å². The van der Waals surface area contributed by atoms with E-state index in [9.17, 15) is 9.18 Å². The van der Waals surface area contributed by atoms with Crippen molar-refractivity contribution in [2.45, 2.75) is 13.8 Å². The zero-order valence-electron chi connectivity index (χ0n) is 11.1. The number of aryl methyl sites for hydroxylation is 2. The number of carbonyl (C=O) groups excluding carboxylic acids is 1. The molecule has 100 valence electrons. The second kappa shape index (κ2) is 5.22. The predicted octanol–water partition coefficient (Wildman–Crippen LogP) is 2.71. The average Bonchev–Trinajstić information content (AvgIpc) is 2.65. The van der Waals surface area contributed by atoms with Gasteiger partial charge in [0.1, 0.15) is 11.4 Å². The standard InChI is InChI=1S/C14H15FN2O2/c1-4-19-14(18)12-9(2)16-17(3)13(12)10-5-7-11(15)8-6-10/h5-8H,4H2,1-3H3. The molecule has 2 aromatic rings. The lowest BCUT2D eigenvalue weighted by Crippen LogP contribution is -2.07. The molecule has 0 N–H and O–H groups in total. The van der Waals surface area contributed by atoms with Crippen molar-refractivity contribution in [1.29, 1.82) is 0 Å². The molecule has 1 aromatic carbocycles. The van der Waals surface area contributed by atoms with Crippen LogP contribution in [0.25, 0.3) is 11.3 Å². The summed E-state index contributed by atoms with van der Waals surface area (Å²) in [5, 5.41) is 4.24. The molecular weight excluding hydrogens is 247 g/mol. The highest BCUT2D eigenvalue weighted by molar-refractivity contribution is 5.97. The third kappa shape index (κ3) is 2.50. The van der Waals surface area contributed by atoms with Gasteiger partial charge in [-0.1, -0.05) is 0 Å². The summed E-state index contributed by atoms with van der Waals surface area (Å²) >= 11 is 0. The van der Waals surface area contributed by atoms with Gasteiger partial charge in [-0.2, -0.15) is 5.10 Å². The highest BCUT2D eigenvalue weighted by Crippen LogP contribution is 2.26. The number of aromatic nitrogens is 2. The summed E-state index contributed by atoms with van der Waals surface area (Å²) in [5.74, 6) is -0.729. The molecule has 0 unspecified atom stereocenters. The molecule has 0 saturated carbocycles. The number of esters is 1. The quantitative estimate of drug-likeness (QED) is 0.799. The first-order valence-electron chi connectivity index (χ1n) is 6.01. The molecule has 0 radical (unpaired) electrons. The van der Waals surface area contributed by atoms with Gasteiger partial charge in [-0.3, -0.25) is 4.68 Å². The predicted molar refractivity (Wildman–Crippen MR) is 69.3 cm³/mol. The van der Waals surface area contributed by atoms with Crippen LogP contribution >= 0.6 is 0 Å². The summed E-state index contributed by atoms with van der Waals surface area (Å²) in [4.78, 5) is 12.0. The first-order valence-corrected chi connectivity index (χ1v) is 6.01. The number of hydrogen-bond donors (Lipinski definition) is 0. The molecule has 0 fully saturated rings. The van der Waals surface area contributed by atoms with E-state index in [1.165, 1.54) is 12.1 Å². The van der Waals surface area contributed by atoms with Crippen LogP contribution in [-0.4, -0.2) is 22.4 Å². The smallest absolute Gasteiger partial charge is 0.342 e. The van der Waals surface area contributed by atoms with E-state index in [2.05, 4.69) is 5.10 Å². The molecule has 4 nitrogen and oxygen atoms in total. The molecular formula is C14H15FN2O2. The Morgan fingerprint density at radius 1 is 1.37 bits per heavy atom. The van der Waals surface area contributed by atoms with Crippen LogP contribution in [0.3, 0.4) is 0 Å². The Kier molecular flexibility index (Phi) is 3.64. The summed E-state index contributed by atoms with van der Waals surface area (Å²) in [6, 6.07) is 5.95. The number of rotatable bonds is 3. The van der Waals surface area contributed by atoms with Crippen molar-refractivity contribution in [3.05, 3.63) is 41.3 Å². The van der Waals surface area contributed by atoms with E-state index in [4.69, 9.17) is 4.74 Å². The molecule has 0 aliphatic heterocycles. The fourth-order valence-corrected chi connectivity index (χ4v) is 2.04. The van der Waals surface area contributed by atoms with E-state index in [0.29, 0.717) is 23.6 Å². The van der Waals surface area contributed by atoms with Crippen LogP contribution in [0.5, 0.6) is 0 Å². The first kappa shape index (κ1) is 13.3. The van der Waals surface area contributed by atoms with Crippen molar-refractivity contribution in [3.8, 4) is 11.3 Å². The van der Waals surface area contributed by atoms with Crippen molar-refractivity contribution in [2.75, 3.05) is 6.61 Å². The summed E-state index contributed by atoms with van der Waals surface area (Å²) in [6.07, 6.45) is 0. The average molecular weight is 262 g/mol. The van der Waals surface area contributed by atoms with Crippen LogP contribution < -0.4 is 0 Å². The van der Waals surface area contributed by atoms with Crippen molar-refractivity contribution < 1.29 is 13.9 Å². The maximum absolute atomic E-state index is 13.0. The molecule has 19 heavy (non-hydrogen) atoms. The molecule has 0 bridgehead atoms. The van der Waals surface area contributed by atoms with Crippen LogP contribution in [0.2, 0.25) is 0 Å². The third-order valence-electron chi connectivity index (χ3n) is 2.82. The van der Waals surface area contributed by atoms with Crippen molar-refractivity contribution in [2.24, 2.45) is 7.05 Å². The summed E-state index contributed by atoms with van der Waals surface area (Å²) in [5.41, 5.74) is 2.39. The molecule has 0 atom stereocenters. The number of hydrogen-bond acceptors (Lipinski definition) is 3. The maximum atomic E-state index is 13.0. The lowest BCUT2D eigenvalue weighted by molar-refractivity contribution is 0.0526. The van der Waals surface area contributed by atoms with Gasteiger partial charge < -0.3 is 4.74 Å². The van der Waals surface area contributed by atoms with Gasteiger partial charge in [0.15, 0.2) is 0 Å². The first-order chi connectivity index (χ1) is 9.04. The van der Waals surface area contributed by atoms with Crippen molar-refractivity contribution in [3.63, 3.8) is 0 Å².